The Bertz CT molecular complexity index is 1270. The topological polar surface area (TPSA) is 49.4 Å². The number of hydrogen-bond acceptors (Lipinski definition) is 3. The van der Waals surface area contributed by atoms with Gasteiger partial charge in [-0.1, -0.05) is 53.7 Å². The Kier molecular flexibility index (Phi) is 6.52. The summed E-state index contributed by atoms with van der Waals surface area (Å²) in [6, 6.07) is 17.6. The van der Waals surface area contributed by atoms with Crippen LogP contribution in [0.5, 0.6) is 0 Å². The number of hydrogen-bond donors (Lipinski definition) is 1. The number of nitrogens with one attached hydrogen (secondary N) is 1. The SMILES string of the molecule is Cc1ccc(CNC(=O)c2ccc3c(c2)N(C)C(=O)C(=Cc2ccc(C(F)(F)F)cc2)S3)cc1. The minimum Gasteiger partial charge on any atom is -0.348 e. The van der Waals surface area contributed by atoms with E-state index in [1.165, 1.54) is 28.8 Å². The van der Waals surface area contributed by atoms with Gasteiger partial charge in [-0.25, -0.2) is 0 Å². The number of rotatable bonds is 4. The highest BCUT2D eigenvalue weighted by Gasteiger charge is 2.30. The summed E-state index contributed by atoms with van der Waals surface area (Å²) < 4.78 is 38.4. The number of thioether (sulfide) groups is 1. The van der Waals surface area contributed by atoms with Crippen molar-refractivity contribution < 1.29 is 22.8 Å². The van der Waals surface area contributed by atoms with Crippen LogP contribution in [0.25, 0.3) is 6.08 Å². The lowest BCUT2D eigenvalue weighted by atomic mass is 10.1. The van der Waals surface area contributed by atoms with Gasteiger partial charge in [0.05, 0.1) is 16.2 Å². The van der Waals surface area contributed by atoms with E-state index in [1.54, 1.807) is 31.3 Å². The highest BCUT2D eigenvalue weighted by molar-refractivity contribution is 8.04. The van der Waals surface area contributed by atoms with Crippen molar-refractivity contribution in [3.05, 3.63) is 99.5 Å². The molecule has 3 aromatic carbocycles. The van der Waals surface area contributed by atoms with Crippen LogP contribution in [0.2, 0.25) is 0 Å². The van der Waals surface area contributed by atoms with Crippen LogP contribution in [0, 0.1) is 6.92 Å². The molecular formula is C26H21F3N2O2S. The van der Waals surface area contributed by atoms with Crippen molar-refractivity contribution in [3.8, 4) is 0 Å². The fourth-order valence-electron chi connectivity index (χ4n) is 3.45. The molecule has 0 saturated heterocycles. The van der Waals surface area contributed by atoms with Crippen LogP contribution in [0.4, 0.5) is 18.9 Å². The molecule has 2 amide bonds. The largest absolute Gasteiger partial charge is 0.416 e. The zero-order chi connectivity index (χ0) is 24.5. The Hall–Kier alpha value is -3.52. The van der Waals surface area contributed by atoms with Crippen molar-refractivity contribution in [2.45, 2.75) is 24.5 Å². The summed E-state index contributed by atoms with van der Waals surface area (Å²) >= 11 is 1.22. The molecular weight excluding hydrogens is 461 g/mol. The smallest absolute Gasteiger partial charge is 0.348 e. The molecule has 34 heavy (non-hydrogen) atoms. The van der Waals surface area contributed by atoms with Crippen molar-refractivity contribution >= 4 is 35.3 Å². The maximum absolute atomic E-state index is 12.9. The van der Waals surface area contributed by atoms with Crippen LogP contribution in [0.3, 0.4) is 0 Å². The van der Waals surface area contributed by atoms with E-state index < -0.39 is 11.7 Å². The molecule has 0 unspecified atom stereocenters. The van der Waals surface area contributed by atoms with E-state index >= 15 is 0 Å². The fourth-order valence-corrected chi connectivity index (χ4v) is 4.54. The van der Waals surface area contributed by atoms with E-state index in [0.29, 0.717) is 28.3 Å². The van der Waals surface area contributed by atoms with E-state index in [1.807, 2.05) is 31.2 Å². The van der Waals surface area contributed by atoms with Gasteiger partial charge in [0.1, 0.15) is 0 Å². The molecule has 0 spiro atoms. The lowest BCUT2D eigenvalue weighted by molar-refractivity contribution is -0.137. The standard InChI is InChI=1S/C26H21F3N2O2S/c1-16-3-5-18(6-4-16)15-30-24(32)19-9-12-22-21(14-19)31(2)25(33)23(34-22)13-17-7-10-20(11-8-17)26(27,28)29/h3-14H,15H2,1-2H3,(H,30,32). The predicted molar refractivity (Wildman–Crippen MR) is 127 cm³/mol. The van der Waals surface area contributed by atoms with Crippen LogP contribution in [-0.2, 0) is 17.5 Å². The van der Waals surface area contributed by atoms with Crippen LogP contribution in [-0.4, -0.2) is 18.9 Å². The molecule has 0 aliphatic carbocycles. The van der Waals surface area contributed by atoms with Gasteiger partial charge in [0.2, 0.25) is 0 Å². The number of carbonyl (C=O) groups excluding carboxylic acids is 2. The van der Waals surface area contributed by atoms with Crippen LogP contribution in [0.1, 0.15) is 32.6 Å². The van der Waals surface area contributed by atoms with Gasteiger partial charge < -0.3 is 10.2 Å². The Balaban J connectivity index is 1.51. The molecule has 4 nitrogen and oxygen atoms in total. The zero-order valence-corrected chi connectivity index (χ0v) is 19.3. The fraction of sp³-hybridized carbons (Fsp3) is 0.154. The number of nitrogens with zero attached hydrogens (tertiary/aromatic N) is 1. The first-order valence-electron chi connectivity index (χ1n) is 10.4. The van der Waals surface area contributed by atoms with E-state index in [2.05, 4.69) is 5.32 Å². The summed E-state index contributed by atoms with van der Waals surface area (Å²) in [5, 5.41) is 2.88. The molecule has 0 bridgehead atoms. The first-order chi connectivity index (χ1) is 16.1. The van der Waals surface area contributed by atoms with Crippen LogP contribution >= 0.6 is 11.8 Å². The van der Waals surface area contributed by atoms with Gasteiger partial charge in [0, 0.05) is 24.1 Å². The molecule has 4 rings (SSSR count). The normalized spacial score (nSPS) is 14.8. The Morgan fingerprint density at radius 2 is 1.71 bits per heavy atom. The summed E-state index contributed by atoms with van der Waals surface area (Å²) in [7, 11) is 1.61. The first-order valence-corrected chi connectivity index (χ1v) is 11.3. The van der Waals surface area contributed by atoms with Crippen molar-refractivity contribution in [2.24, 2.45) is 0 Å². The lowest BCUT2D eigenvalue weighted by Gasteiger charge is -2.27. The van der Waals surface area contributed by atoms with Crippen molar-refractivity contribution in [3.63, 3.8) is 0 Å². The predicted octanol–water partition coefficient (Wildman–Crippen LogP) is 6.05. The number of amides is 2. The molecule has 3 aromatic rings. The van der Waals surface area contributed by atoms with Crippen molar-refractivity contribution in [1.82, 2.24) is 5.32 Å². The summed E-state index contributed by atoms with van der Waals surface area (Å²) in [5.41, 5.74) is 2.91. The second-order valence-corrected chi connectivity index (χ2v) is 9.03. The zero-order valence-electron chi connectivity index (χ0n) is 18.4. The number of anilines is 1. The Morgan fingerprint density at radius 1 is 1.03 bits per heavy atom. The average molecular weight is 483 g/mol. The van der Waals surface area contributed by atoms with Gasteiger partial charge >= 0.3 is 6.18 Å². The highest BCUT2D eigenvalue weighted by Crippen LogP contribution is 2.42. The number of alkyl halides is 3. The van der Waals surface area contributed by atoms with E-state index in [-0.39, 0.29) is 11.8 Å². The summed E-state index contributed by atoms with van der Waals surface area (Å²) in [4.78, 5) is 28.1. The number of benzene rings is 3. The molecule has 0 saturated carbocycles. The molecule has 174 valence electrons. The van der Waals surface area contributed by atoms with E-state index in [0.717, 1.165) is 28.2 Å². The van der Waals surface area contributed by atoms with Gasteiger partial charge in [0.15, 0.2) is 0 Å². The van der Waals surface area contributed by atoms with Gasteiger partial charge in [-0.3, -0.25) is 9.59 Å². The maximum Gasteiger partial charge on any atom is 0.416 e. The van der Waals surface area contributed by atoms with E-state index in [4.69, 9.17) is 0 Å². The second-order valence-electron chi connectivity index (χ2n) is 7.95. The number of fused-ring (bicyclic) bond motifs is 1. The van der Waals surface area contributed by atoms with E-state index in [9.17, 15) is 22.8 Å². The van der Waals surface area contributed by atoms with Gasteiger partial charge in [-0.05, 0) is 54.5 Å². The number of carbonyl (C=O) groups is 2. The lowest BCUT2D eigenvalue weighted by Crippen LogP contribution is -2.31. The molecule has 0 fully saturated rings. The molecule has 1 aliphatic heterocycles. The number of aryl methyl sites for hydroxylation is 1. The quantitative estimate of drug-likeness (QED) is 0.461. The monoisotopic (exact) mass is 482 g/mol. The van der Waals surface area contributed by atoms with Gasteiger partial charge in [-0.2, -0.15) is 13.2 Å². The highest BCUT2D eigenvalue weighted by atomic mass is 32.2. The molecule has 1 N–H and O–H groups in total. The van der Waals surface area contributed by atoms with Crippen LogP contribution < -0.4 is 10.2 Å². The minimum absolute atomic E-state index is 0.250. The maximum atomic E-state index is 12.9. The molecule has 0 atom stereocenters. The Labute approximate surface area is 199 Å². The molecule has 1 heterocycles. The summed E-state index contributed by atoms with van der Waals surface area (Å²) in [5.74, 6) is -0.546. The van der Waals surface area contributed by atoms with Crippen LogP contribution in [0.15, 0.2) is 76.5 Å². The molecule has 0 aromatic heterocycles. The Morgan fingerprint density at radius 3 is 2.35 bits per heavy atom. The summed E-state index contributed by atoms with van der Waals surface area (Å²) in [6.45, 7) is 2.38. The third kappa shape index (κ3) is 5.17. The summed E-state index contributed by atoms with van der Waals surface area (Å²) in [6.07, 6.45) is -2.85. The van der Waals surface area contributed by atoms with Crippen molar-refractivity contribution in [2.75, 3.05) is 11.9 Å². The number of likely N-dealkylation sites (N-methyl/N-ethyl adjacent to an activating group) is 1. The van der Waals surface area contributed by atoms with Gasteiger partial charge in [0.25, 0.3) is 11.8 Å². The van der Waals surface area contributed by atoms with Crippen molar-refractivity contribution in [1.29, 1.82) is 0 Å². The third-order valence-electron chi connectivity index (χ3n) is 5.43. The molecule has 1 aliphatic rings. The average Bonchev–Trinajstić information content (AvgIpc) is 2.81. The number of halogens is 3. The minimum atomic E-state index is -4.41. The molecule has 8 heteroatoms. The third-order valence-corrected chi connectivity index (χ3v) is 6.50. The second kappa shape index (κ2) is 9.38. The molecule has 0 radical (unpaired) electrons. The first kappa shape index (κ1) is 23.6. The van der Waals surface area contributed by atoms with Gasteiger partial charge in [-0.15, -0.1) is 0 Å².